The Morgan fingerprint density at radius 1 is 1.29 bits per heavy atom. The highest BCUT2D eigenvalue weighted by atomic mass is 19.1. The lowest BCUT2D eigenvalue weighted by atomic mass is 10.2. The number of nitrogens with two attached hydrogens (primary N) is 1. The van der Waals surface area contributed by atoms with E-state index in [1.165, 1.54) is 23.2 Å². The monoisotopic (exact) mass is 287 g/mol. The van der Waals surface area contributed by atoms with E-state index in [9.17, 15) is 9.18 Å². The molecular weight excluding hydrogens is 273 g/mol. The molecule has 0 saturated heterocycles. The van der Waals surface area contributed by atoms with Gasteiger partial charge in [-0.1, -0.05) is 18.2 Å². The number of nitrogens with zero attached hydrogens (tertiary/aromatic N) is 4. The molecule has 108 valence electrons. The molecule has 21 heavy (non-hydrogen) atoms. The minimum absolute atomic E-state index is 0.135. The van der Waals surface area contributed by atoms with Gasteiger partial charge < -0.3 is 5.73 Å². The number of hydrogen-bond donors (Lipinski definition) is 1. The Bertz CT molecular complexity index is 839. The van der Waals surface area contributed by atoms with Crippen molar-refractivity contribution >= 4 is 11.0 Å². The number of benzene rings is 1. The van der Waals surface area contributed by atoms with Crippen molar-refractivity contribution in [3.05, 3.63) is 58.5 Å². The van der Waals surface area contributed by atoms with Crippen molar-refractivity contribution in [1.82, 2.24) is 19.3 Å². The Morgan fingerprint density at radius 2 is 2.10 bits per heavy atom. The van der Waals surface area contributed by atoms with Crippen LogP contribution in [0.25, 0.3) is 11.0 Å². The Balaban J connectivity index is 2.03. The highest BCUT2D eigenvalue weighted by Gasteiger charge is 2.11. The largest absolute Gasteiger partial charge is 0.329 e. The number of aromatic nitrogens is 4. The Labute approximate surface area is 119 Å². The van der Waals surface area contributed by atoms with Gasteiger partial charge in [0.1, 0.15) is 17.5 Å². The summed E-state index contributed by atoms with van der Waals surface area (Å²) in [6.07, 6.45) is 2.88. The van der Waals surface area contributed by atoms with E-state index in [4.69, 9.17) is 5.73 Å². The van der Waals surface area contributed by atoms with E-state index in [2.05, 4.69) is 10.1 Å². The SMILES string of the molecule is NCCn1ncc2c(=O)n(Cc3ccccc3F)cnc21. The van der Waals surface area contributed by atoms with Crippen molar-refractivity contribution in [2.24, 2.45) is 5.73 Å². The lowest BCUT2D eigenvalue weighted by Gasteiger charge is -2.07. The number of halogens is 1. The van der Waals surface area contributed by atoms with Crippen LogP contribution in [0.2, 0.25) is 0 Å². The van der Waals surface area contributed by atoms with Crippen LogP contribution in [-0.4, -0.2) is 25.9 Å². The molecule has 0 unspecified atom stereocenters. The summed E-state index contributed by atoms with van der Waals surface area (Å²) in [5.74, 6) is -0.344. The molecule has 0 atom stereocenters. The van der Waals surface area contributed by atoms with Gasteiger partial charge in [0.2, 0.25) is 0 Å². The Hall–Kier alpha value is -2.54. The molecule has 1 aromatic carbocycles. The highest BCUT2D eigenvalue weighted by Crippen LogP contribution is 2.09. The molecule has 6 nitrogen and oxygen atoms in total. The van der Waals surface area contributed by atoms with Crippen LogP contribution >= 0.6 is 0 Å². The third kappa shape index (κ3) is 2.43. The van der Waals surface area contributed by atoms with Crippen molar-refractivity contribution in [3.63, 3.8) is 0 Å². The first-order valence-electron chi connectivity index (χ1n) is 6.55. The number of rotatable bonds is 4. The highest BCUT2D eigenvalue weighted by molar-refractivity contribution is 5.72. The lowest BCUT2D eigenvalue weighted by Crippen LogP contribution is -2.22. The van der Waals surface area contributed by atoms with Gasteiger partial charge in [-0.05, 0) is 6.07 Å². The maximum atomic E-state index is 13.7. The Morgan fingerprint density at radius 3 is 2.86 bits per heavy atom. The van der Waals surface area contributed by atoms with Gasteiger partial charge in [-0.2, -0.15) is 5.10 Å². The molecule has 0 radical (unpaired) electrons. The van der Waals surface area contributed by atoms with Crippen molar-refractivity contribution in [2.45, 2.75) is 13.1 Å². The first kappa shape index (κ1) is 13.4. The minimum Gasteiger partial charge on any atom is -0.329 e. The second kappa shape index (κ2) is 5.45. The molecule has 0 fully saturated rings. The summed E-state index contributed by atoms with van der Waals surface area (Å²) in [6, 6.07) is 6.35. The maximum absolute atomic E-state index is 13.7. The predicted molar refractivity (Wildman–Crippen MR) is 76.3 cm³/mol. The molecule has 2 N–H and O–H groups in total. The molecule has 0 saturated carbocycles. The van der Waals surface area contributed by atoms with E-state index >= 15 is 0 Å². The van der Waals surface area contributed by atoms with Crippen LogP contribution in [0.15, 0.2) is 41.6 Å². The van der Waals surface area contributed by atoms with Crippen molar-refractivity contribution in [3.8, 4) is 0 Å². The van der Waals surface area contributed by atoms with Crippen molar-refractivity contribution < 1.29 is 4.39 Å². The van der Waals surface area contributed by atoms with Crippen LogP contribution in [-0.2, 0) is 13.1 Å². The zero-order valence-electron chi connectivity index (χ0n) is 11.2. The summed E-state index contributed by atoms with van der Waals surface area (Å²) in [5.41, 5.74) is 6.18. The zero-order chi connectivity index (χ0) is 14.8. The smallest absolute Gasteiger partial charge is 0.264 e. The lowest BCUT2D eigenvalue weighted by molar-refractivity contribution is 0.594. The summed E-state index contributed by atoms with van der Waals surface area (Å²) in [4.78, 5) is 16.6. The summed E-state index contributed by atoms with van der Waals surface area (Å²) >= 11 is 0. The van der Waals surface area contributed by atoms with Gasteiger partial charge in [0.25, 0.3) is 5.56 Å². The molecule has 7 heteroatoms. The topological polar surface area (TPSA) is 78.7 Å². The Kier molecular flexibility index (Phi) is 3.49. The molecule has 2 heterocycles. The van der Waals surface area contributed by atoms with Gasteiger partial charge in [0, 0.05) is 12.1 Å². The third-order valence-corrected chi connectivity index (χ3v) is 3.26. The normalized spacial score (nSPS) is 11.1. The molecule has 0 aliphatic carbocycles. The predicted octanol–water partition coefficient (Wildman–Crippen LogP) is 0.739. The molecule has 0 bridgehead atoms. The van der Waals surface area contributed by atoms with E-state index in [0.717, 1.165) is 0 Å². The van der Waals surface area contributed by atoms with E-state index in [0.29, 0.717) is 29.7 Å². The molecule has 3 rings (SSSR count). The van der Waals surface area contributed by atoms with Crippen LogP contribution in [0, 0.1) is 5.82 Å². The average molecular weight is 287 g/mol. The van der Waals surface area contributed by atoms with E-state index in [-0.39, 0.29) is 17.9 Å². The molecule has 2 aromatic heterocycles. The molecule has 3 aromatic rings. The second-order valence-corrected chi connectivity index (χ2v) is 4.66. The van der Waals surface area contributed by atoms with E-state index < -0.39 is 0 Å². The summed E-state index contributed by atoms with van der Waals surface area (Å²) in [5, 5.41) is 4.50. The van der Waals surface area contributed by atoms with E-state index in [1.54, 1.807) is 22.9 Å². The van der Waals surface area contributed by atoms with Gasteiger partial charge in [-0.15, -0.1) is 0 Å². The zero-order valence-corrected chi connectivity index (χ0v) is 11.2. The fourth-order valence-electron chi connectivity index (χ4n) is 2.21. The standard InChI is InChI=1S/C14H14FN5O/c15-12-4-2-1-3-10(12)8-19-9-17-13-11(14(19)21)7-18-20(13)6-5-16/h1-4,7,9H,5-6,8,16H2. The molecule has 0 aliphatic heterocycles. The van der Waals surface area contributed by atoms with Crippen LogP contribution in [0.4, 0.5) is 4.39 Å². The average Bonchev–Trinajstić information content (AvgIpc) is 2.89. The van der Waals surface area contributed by atoms with Crippen molar-refractivity contribution in [2.75, 3.05) is 6.54 Å². The van der Waals surface area contributed by atoms with Gasteiger partial charge in [-0.3, -0.25) is 9.36 Å². The summed E-state index contributed by atoms with van der Waals surface area (Å²) in [6.45, 7) is 1.04. The van der Waals surface area contributed by atoms with Crippen molar-refractivity contribution in [1.29, 1.82) is 0 Å². The van der Waals surface area contributed by atoms with Crippen LogP contribution in [0.5, 0.6) is 0 Å². The fourth-order valence-corrected chi connectivity index (χ4v) is 2.21. The third-order valence-electron chi connectivity index (χ3n) is 3.26. The van der Waals surface area contributed by atoms with Crippen LogP contribution in [0.3, 0.4) is 0 Å². The minimum atomic E-state index is -0.344. The molecular formula is C14H14FN5O. The second-order valence-electron chi connectivity index (χ2n) is 4.66. The molecule has 0 aliphatic rings. The van der Waals surface area contributed by atoms with E-state index in [1.807, 2.05) is 0 Å². The first-order valence-corrected chi connectivity index (χ1v) is 6.55. The number of hydrogen-bond acceptors (Lipinski definition) is 4. The maximum Gasteiger partial charge on any atom is 0.264 e. The van der Waals surface area contributed by atoms with Crippen LogP contribution in [0.1, 0.15) is 5.56 Å². The summed E-state index contributed by atoms with van der Waals surface area (Å²) < 4.78 is 16.6. The summed E-state index contributed by atoms with van der Waals surface area (Å²) in [7, 11) is 0. The van der Waals surface area contributed by atoms with Crippen LogP contribution < -0.4 is 11.3 Å². The molecule has 0 amide bonds. The number of fused-ring (bicyclic) bond motifs is 1. The quantitative estimate of drug-likeness (QED) is 0.767. The van der Waals surface area contributed by atoms with Gasteiger partial charge in [0.05, 0.1) is 19.3 Å². The first-order chi connectivity index (χ1) is 10.2. The van der Waals surface area contributed by atoms with Gasteiger partial charge >= 0.3 is 0 Å². The van der Waals surface area contributed by atoms with Gasteiger partial charge in [0.15, 0.2) is 5.65 Å². The van der Waals surface area contributed by atoms with Gasteiger partial charge in [-0.25, -0.2) is 14.1 Å². The molecule has 0 spiro atoms. The fraction of sp³-hybridized carbons (Fsp3) is 0.214.